The van der Waals surface area contributed by atoms with E-state index in [0.717, 1.165) is 36.9 Å². The number of nitrogens with one attached hydrogen (secondary N) is 1. The molecular formula is C24H31N7O4. The van der Waals surface area contributed by atoms with Crippen LogP contribution < -0.4 is 15.6 Å². The molecule has 3 aromatic rings. The number of aromatic nitrogens is 5. The van der Waals surface area contributed by atoms with E-state index in [1.165, 1.54) is 7.11 Å². The summed E-state index contributed by atoms with van der Waals surface area (Å²) in [5.41, 5.74) is 2.34. The van der Waals surface area contributed by atoms with Gasteiger partial charge in [-0.3, -0.25) is 14.2 Å². The second-order valence-electron chi connectivity index (χ2n) is 8.32. The van der Waals surface area contributed by atoms with E-state index in [1.54, 1.807) is 23.2 Å². The quantitative estimate of drug-likeness (QED) is 0.387. The number of anilines is 1. The van der Waals surface area contributed by atoms with Gasteiger partial charge < -0.3 is 19.7 Å². The topological polar surface area (TPSA) is 124 Å². The molecular weight excluding hydrogens is 450 g/mol. The molecule has 0 bridgehead atoms. The Morgan fingerprint density at radius 1 is 1.06 bits per heavy atom. The second kappa shape index (κ2) is 11.7. The average molecular weight is 482 g/mol. The third-order valence-corrected chi connectivity index (χ3v) is 5.82. The normalized spacial score (nSPS) is 13.5. The molecule has 11 heteroatoms. The van der Waals surface area contributed by atoms with E-state index >= 15 is 0 Å². The first-order valence-electron chi connectivity index (χ1n) is 12.0. The van der Waals surface area contributed by atoms with E-state index in [2.05, 4.69) is 25.3 Å². The van der Waals surface area contributed by atoms with Gasteiger partial charge in [-0.15, -0.1) is 0 Å². The highest BCUT2D eigenvalue weighted by molar-refractivity contribution is 5.79. The number of hydrogen-bond donors (Lipinski definition) is 1. The van der Waals surface area contributed by atoms with Crippen molar-refractivity contribution in [3.63, 3.8) is 0 Å². The number of carbonyl (C=O) groups excluding carboxylic acids is 1. The Balaban J connectivity index is 1.58. The average Bonchev–Trinajstić information content (AvgIpc) is 3.30. The summed E-state index contributed by atoms with van der Waals surface area (Å²) in [6, 6.07) is 2.14. The van der Waals surface area contributed by atoms with Gasteiger partial charge in [0.1, 0.15) is 0 Å². The van der Waals surface area contributed by atoms with Crippen molar-refractivity contribution < 1.29 is 14.3 Å². The van der Waals surface area contributed by atoms with Crippen LogP contribution in [0.5, 0.6) is 6.01 Å². The third kappa shape index (κ3) is 5.91. The number of nitrogens with zero attached hydrogens (tertiary/aromatic N) is 6. The maximum absolute atomic E-state index is 13.3. The van der Waals surface area contributed by atoms with Gasteiger partial charge in [0, 0.05) is 68.9 Å². The van der Waals surface area contributed by atoms with Crippen LogP contribution in [0.25, 0.3) is 22.3 Å². The first-order valence-corrected chi connectivity index (χ1v) is 12.0. The van der Waals surface area contributed by atoms with Gasteiger partial charge in [-0.25, -0.2) is 19.9 Å². The standard InChI is InChI=1S/C24H31N7O4/c1-3-11-35-12-10-31-19-13-17(18-15-27-24(34-2)28-16-18)14-26-21(19)29-22(23(31)33)25-7-5-9-30-8-4-6-20(30)32/h13-16H,3-12H2,1-2H3,(H,25,26,29). The van der Waals surface area contributed by atoms with Crippen molar-refractivity contribution in [3.8, 4) is 17.1 Å². The van der Waals surface area contributed by atoms with Gasteiger partial charge in [-0.1, -0.05) is 6.92 Å². The van der Waals surface area contributed by atoms with E-state index in [4.69, 9.17) is 9.47 Å². The SMILES string of the molecule is CCCOCCn1c(=O)c(NCCCN2CCCC2=O)nc2ncc(-c3cnc(OC)nc3)cc21. The fraction of sp³-hybridized carbons (Fsp3) is 0.500. The molecule has 11 nitrogen and oxygen atoms in total. The van der Waals surface area contributed by atoms with Crippen LogP contribution >= 0.6 is 0 Å². The summed E-state index contributed by atoms with van der Waals surface area (Å²) < 4.78 is 12.3. The minimum atomic E-state index is -0.236. The van der Waals surface area contributed by atoms with E-state index < -0.39 is 0 Å². The van der Waals surface area contributed by atoms with E-state index in [9.17, 15) is 9.59 Å². The van der Waals surface area contributed by atoms with Gasteiger partial charge in [-0.05, 0) is 25.3 Å². The number of pyridine rings is 1. The molecule has 0 aromatic carbocycles. The Bertz CT molecular complexity index is 1210. The van der Waals surface area contributed by atoms with Gasteiger partial charge >= 0.3 is 6.01 Å². The molecule has 0 unspecified atom stereocenters. The summed E-state index contributed by atoms with van der Waals surface area (Å²) in [4.78, 5) is 44.3. The van der Waals surface area contributed by atoms with Gasteiger partial charge in [0.15, 0.2) is 11.5 Å². The van der Waals surface area contributed by atoms with Crippen LogP contribution in [0.4, 0.5) is 5.82 Å². The number of rotatable bonds is 12. The molecule has 0 spiro atoms. The predicted octanol–water partition coefficient (Wildman–Crippen LogP) is 2.11. The summed E-state index contributed by atoms with van der Waals surface area (Å²) in [6.07, 6.45) is 8.16. The van der Waals surface area contributed by atoms with Crippen LogP contribution in [0.3, 0.4) is 0 Å². The van der Waals surface area contributed by atoms with Crippen LogP contribution in [-0.4, -0.2) is 75.3 Å². The second-order valence-corrected chi connectivity index (χ2v) is 8.32. The molecule has 3 aromatic heterocycles. The molecule has 0 radical (unpaired) electrons. The Labute approximate surface area is 203 Å². The lowest BCUT2D eigenvalue weighted by Crippen LogP contribution is -2.29. The smallest absolute Gasteiger partial charge is 0.316 e. The maximum atomic E-state index is 13.3. The highest BCUT2D eigenvalue weighted by Crippen LogP contribution is 2.22. The van der Waals surface area contributed by atoms with Crippen molar-refractivity contribution >= 4 is 22.9 Å². The third-order valence-electron chi connectivity index (χ3n) is 5.82. The zero-order valence-electron chi connectivity index (χ0n) is 20.2. The molecule has 186 valence electrons. The van der Waals surface area contributed by atoms with Crippen LogP contribution in [0.15, 0.2) is 29.5 Å². The molecule has 1 aliphatic rings. The molecule has 1 saturated heterocycles. The first kappa shape index (κ1) is 24.5. The molecule has 1 amide bonds. The fourth-order valence-electron chi connectivity index (χ4n) is 4.01. The minimum Gasteiger partial charge on any atom is -0.467 e. The fourth-order valence-corrected chi connectivity index (χ4v) is 4.01. The molecule has 0 atom stereocenters. The number of amides is 1. The Morgan fingerprint density at radius 2 is 1.86 bits per heavy atom. The Hall–Kier alpha value is -3.60. The van der Waals surface area contributed by atoms with Crippen molar-refractivity contribution in [2.24, 2.45) is 0 Å². The minimum absolute atomic E-state index is 0.200. The Kier molecular flexibility index (Phi) is 8.19. The molecule has 0 saturated carbocycles. The number of hydrogen-bond acceptors (Lipinski definition) is 9. The van der Waals surface area contributed by atoms with Crippen molar-refractivity contribution in [3.05, 3.63) is 35.0 Å². The molecule has 0 aliphatic carbocycles. The monoisotopic (exact) mass is 481 g/mol. The largest absolute Gasteiger partial charge is 0.467 e. The summed E-state index contributed by atoms with van der Waals surface area (Å²) >= 11 is 0. The summed E-state index contributed by atoms with van der Waals surface area (Å²) in [7, 11) is 1.51. The van der Waals surface area contributed by atoms with Crippen molar-refractivity contribution in [2.75, 3.05) is 45.3 Å². The molecule has 4 heterocycles. The van der Waals surface area contributed by atoms with Crippen molar-refractivity contribution in [2.45, 2.75) is 39.2 Å². The molecule has 1 N–H and O–H groups in total. The lowest BCUT2D eigenvalue weighted by Gasteiger charge is -2.16. The zero-order valence-corrected chi connectivity index (χ0v) is 20.2. The molecule has 4 rings (SSSR count). The number of fused-ring (bicyclic) bond motifs is 1. The van der Waals surface area contributed by atoms with Gasteiger partial charge in [0.2, 0.25) is 5.91 Å². The van der Waals surface area contributed by atoms with Crippen LogP contribution in [0, 0.1) is 0 Å². The summed E-state index contributed by atoms with van der Waals surface area (Å²) in [5, 5.41) is 3.15. The first-order chi connectivity index (χ1) is 17.1. The van der Waals surface area contributed by atoms with Crippen LogP contribution in [0.2, 0.25) is 0 Å². The van der Waals surface area contributed by atoms with Crippen molar-refractivity contribution in [1.82, 2.24) is 29.4 Å². The molecule has 35 heavy (non-hydrogen) atoms. The Morgan fingerprint density at radius 3 is 2.57 bits per heavy atom. The van der Waals surface area contributed by atoms with Gasteiger partial charge in [0.05, 0.1) is 19.2 Å². The molecule has 1 aliphatic heterocycles. The van der Waals surface area contributed by atoms with Crippen molar-refractivity contribution in [1.29, 1.82) is 0 Å². The van der Waals surface area contributed by atoms with E-state index in [0.29, 0.717) is 50.4 Å². The van der Waals surface area contributed by atoms with Crippen LogP contribution in [0.1, 0.15) is 32.6 Å². The number of likely N-dealkylation sites (tertiary alicyclic amines) is 1. The number of methoxy groups -OCH3 is 1. The highest BCUT2D eigenvalue weighted by Gasteiger charge is 2.19. The summed E-state index contributed by atoms with van der Waals surface area (Å²) in [6.45, 7) is 5.46. The zero-order chi connectivity index (χ0) is 24.6. The van der Waals surface area contributed by atoms with Crippen LogP contribution in [-0.2, 0) is 16.1 Å². The lowest BCUT2D eigenvalue weighted by molar-refractivity contribution is -0.127. The van der Waals surface area contributed by atoms with Gasteiger partial charge in [-0.2, -0.15) is 0 Å². The number of carbonyl (C=O) groups is 1. The highest BCUT2D eigenvalue weighted by atomic mass is 16.5. The lowest BCUT2D eigenvalue weighted by atomic mass is 10.1. The molecule has 1 fully saturated rings. The predicted molar refractivity (Wildman–Crippen MR) is 131 cm³/mol. The van der Waals surface area contributed by atoms with E-state index in [-0.39, 0.29) is 23.3 Å². The summed E-state index contributed by atoms with van der Waals surface area (Å²) in [5.74, 6) is 0.444. The number of ether oxygens (including phenoxy) is 2. The van der Waals surface area contributed by atoms with E-state index in [1.807, 2.05) is 17.9 Å². The van der Waals surface area contributed by atoms with Gasteiger partial charge in [0.25, 0.3) is 5.56 Å². The maximum Gasteiger partial charge on any atom is 0.316 e.